The molecule has 2 aliphatic carbocycles. The zero-order chi connectivity index (χ0) is 33.5. The number of carbonyl (C=O) groups is 1. The van der Waals surface area contributed by atoms with E-state index in [2.05, 4.69) is 41.9 Å². The Hall–Kier alpha value is -1.07. The first-order chi connectivity index (χ1) is 22.1. The van der Waals surface area contributed by atoms with E-state index in [9.17, 15) is 25.2 Å². The molecule has 2 unspecified atom stereocenters. The van der Waals surface area contributed by atoms with Crippen LogP contribution in [0.5, 0.6) is 0 Å². The van der Waals surface area contributed by atoms with Crippen molar-refractivity contribution in [1.29, 1.82) is 0 Å². The Kier molecular flexibility index (Phi) is 17.5. The number of carboxylic acids is 1. The Balaban J connectivity index is 1.52. The molecule has 3 aliphatic rings. The fourth-order valence-electron chi connectivity index (χ4n) is 8.93. The van der Waals surface area contributed by atoms with E-state index in [-0.39, 0.29) is 30.5 Å². The summed E-state index contributed by atoms with van der Waals surface area (Å²) in [4.78, 5) is 12.3. The quantitative estimate of drug-likeness (QED) is 0.0628. The van der Waals surface area contributed by atoms with Crippen LogP contribution in [0.15, 0.2) is 12.2 Å². The molecule has 46 heavy (non-hydrogen) atoms. The lowest BCUT2D eigenvalue weighted by Crippen LogP contribution is -2.45. The zero-order valence-corrected chi connectivity index (χ0v) is 29.3. The van der Waals surface area contributed by atoms with Gasteiger partial charge in [0, 0.05) is 18.4 Å². The average Bonchev–Trinajstić information content (AvgIpc) is 3.33. The Bertz CT molecular complexity index is 892. The molecule has 0 radical (unpaired) electrons. The summed E-state index contributed by atoms with van der Waals surface area (Å²) < 4.78 is 0. The zero-order valence-electron chi connectivity index (χ0n) is 29.3. The summed E-state index contributed by atoms with van der Waals surface area (Å²) in [5.41, 5.74) is 5.26. The second kappa shape index (κ2) is 20.4. The largest absolute Gasteiger partial charge is 0.481 e. The molecule has 1 saturated carbocycles. The minimum atomic E-state index is -1.01. The van der Waals surface area contributed by atoms with E-state index in [0.29, 0.717) is 49.5 Å². The molecule has 11 atom stereocenters. The highest BCUT2D eigenvalue weighted by molar-refractivity contribution is 5.70. The monoisotopic (exact) mass is 651 g/mol. The summed E-state index contributed by atoms with van der Waals surface area (Å²) in [5, 5.41) is 54.3. The van der Waals surface area contributed by atoms with Crippen LogP contribution in [0.4, 0.5) is 0 Å². The third-order valence-electron chi connectivity index (χ3n) is 11.7. The average molecular weight is 651 g/mol. The number of hydrogen-bond donors (Lipinski definition) is 8. The number of carboxylic acid groups (broad SMARTS) is 1. The summed E-state index contributed by atoms with van der Waals surface area (Å²) in [7, 11) is 1.86. The Morgan fingerprint density at radius 1 is 1.07 bits per heavy atom. The highest BCUT2D eigenvalue weighted by Gasteiger charge is 2.49. The van der Waals surface area contributed by atoms with Crippen molar-refractivity contribution < 1.29 is 25.2 Å². The molecule has 3 rings (SSSR count). The molecule has 0 spiro atoms. The number of piperidine rings is 1. The molecule has 9 nitrogen and oxygen atoms in total. The highest BCUT2D eigenvalue weighted by Crippen LogP contribution is 2.48. The molecule has 9 N–H and O–H groups in total. The van der Waals surface area contributed by atoms with E-state index in [1.54, 1.807) is 0 Å². The Morgan fingerprint density at radius 3 is 2.50 bits per heavy atom. The molecule has 2 fully saturated rings. The van der Waals surface area contributed by atoms with Gasteiger partial charge < -0.3 is 42.1 Å². The predicted molar refractivity (Wildman–Crippen MR) is 186 cm³/mol. The van der Waals surface area contributed by atoms with Crippen LogP contribution in [0.3, 0.4) is 0 Å². The van der Waals surface area contributed by atoms with Gasteiger partial charge in [-0.2, -0.15) is 0 Å². The number of nitrogens with two attached hydrogens (primary N) is 1. The molecule has 0 aromatic carbocycles. The summed E-state index contributed by atoms with van der Waals surface area (Å²) in [5.74, 6) is -0.112. The first-order valence-corrected chi connectivity index (χ1v) is 18.9. The predicted octanol–water partition coefficient (Wildman–Crippen LogP) is 4.40. The first kappa shape index (κ1) is 39.4. The van der Waals surface area contributed by atoms with Crippen molar-refractivity contribution in [3.8, 4) is 0 Å². The van der Waals surface area contributed by atoms with E-state index >= 15 is 0 Å². The van der Waals surface area contributed by atoms with Gasteiger partial charge in [-0.1, -0.05) is 64.5 Å². The Morgan fingerprint density at radius 2 is 1.83 bits per heavy atom. The molecule has 0 aromatic rings. The van der Waals surface area contributed by atoms with Gasteiger partial charge in [0.15, 0.2) is 0 Å². The van der Waals surface area contributed by atoms with Crippen molar-refractivity contribution in [2.75, 3.05) is 33.2 Å². The van der Waals surface area contributed by atoms with Gasteiger partial charge in [0.2, 0.25) is 0 Å². The third-order valence-corrected chi connectivity index (χ3v) is 11.7. The Labute approximate surface area is 279 Å². The fraction of sp³-hybridized carbons (Fsp3) is 0.919. The maximum absolute atomic E-state index is 12.3. The van der Waals surface area contributed by atoms with E-state index < -0.39 is 23.6 Å². The van der Waals surface area contributed by atoms with Crippen molar-refractivity contribution >= 4 is 5.97 Å². The smallest absolute Gasteiger partial charge is 0.309 e. The second-order valence-corrected chi connectivity index (χ2v) is 15.3. The van der Waals surface area contributed by atoms with Gasteiger partial charge >= 0.3 is 5.97 Å². The number of unbranched alkanes of at least 4 members (excludes halogenated alkanes) is 4. The van der Waals surface area contributed by atoms with Gasteiger partial charge in [0.1, 0.15) is 0 Å². The maximum Gasteiger partial charge on any atom is 0.309 e. The van der Waals surface area contributed by atoms with E-state index in [1.807, 2.05) is 7.05 Å². The van der Waals surface area contributed by atoms with Crippen molar-refractivity contribution in [3.63, 3.8) is 0 Å². The first-order valence-electron chi connectivity index (χ1n) is 18.9. The lowest BCUT2D eigenvalue weighted by Gasteiger charge is -2.36. The van der Waals surface area contributed by atoms with Crippen LogP contribution in [0.25, 0.3) is 0 Å². The lowest BCUT2D eigenvalue weighted by molar-refractivity contribution is -0.147. The van der Waals surface area contributed by atoms with Crippen LogP contribution in [0.1, 0.15) is 117 Å². The summed E-state index contributed by atoms with van der Waals surface area (Å²) in [6.45, 7) is 7.54. The topological polar surface area (TPSA) is 160 Å². The van der Waals surface area contributed by atoms with Gasteiger partial charge in [-0.15, -0.1) is 0 Å². The van der Waals surface area contributed by atoms with E-state index in [4.69, 9.17) is 5.73 Å². The molecule has 268 valence electrons. The van der Waals surface area contributed by atoms with Crippen LogP contribution < -0.4 is 21.7 Å². The third kappa shape index (κ3) is 12.4. The van der Waals surface area contributed by atoms with Crippen molar-refractivity contribution in [2.24, 2.45) is 47.2 Å². The molecule has 9 heteroatoms. The summed E-state index contributed by atoms with van der Waals surface area (Å²) in [6, 6.07) is 0. The minimum Gasteiger partial charge on any atom is -0.481 e. The van der Waals surface area contributed by atoms with Crippen LogP contribution in [0.2, 0.25) is 0 Å². The number of aliphatic hydroxyl groups excluding tert-OH is 2. The number of allylic oxidation sites excluding steroid dienone is 1. The number of nitrogens with one attached hydrogen (secondary N) is 3. The minimum absolute atomic E-state index is 0.0370. The summed E-state index contributed by atoms with van der Waals surface area (Å²) >= 11 is 0. The molecular weight excluding hydrogens is 580 g/mol. The molecule has 1 aliphatic heterocycles. The molecule has 1 saturated heterocycles. The number of rotatable bonds is 22. The van der Waals surface area contributed by atoms with Gasteiger partial charge in [-0.3, -0.25) is 4.79 Å². The summed E-state index contributed by atoms with van der Waals surface area (Å²) in [6.07, 6.45) is 17.5. The van der Waals surface area contributed by atoms with E-state index in [0.717, 1.165) is 77.4 Å². The number of hydrogen-bond acceptors (Lipinski definition) is 8. The van der Waals surface area contributed by atoms with Gasteiger partial charge in [-0.25, -0.2) is 0 Å². The normalized spacial score (nSPS) is 33.6. The lowest BCUT2D eigenvalue weighted by atomic mass is 9.77. The van der Waals surface area contributed by atoms with Crippen LogP contribution >= 0.6 is 0 Å². The number of aliphatic hydroxyl groups is 3. The molecule has 1 heterocycles. The maximum atomic E-state index is 12.3. The molecule has 0 aromatic heterocycles. The highest BCUT2D eigenvalue weighted by atomic mass is 16.4. The van der Waals surface area contributed by atoms with Crippen molar-refractivity contribution in [3.05, 3.63) is 12.2 Å². The van der Waals surface area contributed by atoms with Crippen LogP contribution in [-0.4, -0.2) is 83.6 Å². The van der Waals surface area contributed by atoms with E-state index in [1.165, 1.54) is 19.3 Å². The van der Waals surface area contributed by atoms with Gasteiger partial charge in [-0.05, 0) is 115 Å². The van der Waals surface area contributed by atoms with Gasteiger partial charge in [0.25, 0.3) is 0 Å². The second-order valence-electron chi connectivity index (χ2n) is 15.3. The fourth-order valence-corrected chi connectivity index (χ4v) is 8.93. The van der Waals surface area contributed by atoms with Crippen molar-refractivity contribution in [2.45, 2.75) is 141 Å². The van der Waals surface area contributed by atoms with Crippen molar-refractivity contribution in [1.82, 2.24) is 16.0 Å². The van der Waals surface area contributed by atoms with Crippen LogP contribution in [0, 0.1) is 41.4 Å². The SMILES string of the molecule is CCCCC[C@H]1C=C[C@@H](CCCCC[C@H](C(=O)O)[C@H](O)C[C@@H](CNC)[C@@]2(O)C[C@@H](CNCC)[C@H](CC3CCNC(N)C3)C2)[C@H](O)C1. The van der Waals surface area contributed by atoms with Gasteiger partial charge in [0.05, 0.1) is 29.9 Å². The molecule has 0 bridgehead atoms. The molecule has 0 amide bonds. The standard InChI is InChI=1S/C37H70N4O5/c1-4-6-8-11-26-14-15-28(33(42)19-26)12-9-7-10-13-32(36(44)45)34(43)21-31(25-39-3)37(46)22-29(30(23-37)24-40-5-2)18-27-16-17-41-35(38)20-27/h14-15,26-35,39-43,46H,4-13,16-25,38H2,1-3H3,(H,44,45)/t26-,27?,28+,29+,30-,31-,32-,33+,34+,35?,37-/m0/s1. The number of aliphatic carboxylic acids is 1. The van der Waals surface area contributed by atoms with Crippen LogP contribution in [-0.2, 0) is 4.79 Å². The molecular formula is C37H70N4O5.